The van der Waals surface area contributed by atoms with E-state index in [2.05, 4.69) is 26.5 Å². The molecule has 1 aromatic rings. The summed E-state index contributed by atoms with van der Waals surface area (Å²) in [6, 6.07) is 1.59. The van der Waals surface area contributed by atoms with Crippen molar-refractivity contribution < 1.29 is 14.3 Å². The molecule has 1 heterocycles. The van der Waals surface area contributed by atoms with Crippen LogP contribution in [-0.2, 0) is 9.53 Å². The fourth-order valence-electron chi connectivity index (χ4n) is 0.790. The first-order valence-electron chi connectivity index (χ1n) is 4.32. The third-order valence-corrected chi connectivity index (χ3v) is 1.39. The minimum absolute atomic E-state index is 0.224. The quantitative estimate of drug-likeness (QED) is 0.517. The van der Waals surface area contributed by atoms with E-state index in [-0.39, 0.29) is 5.82 Å². The summed E-state index contributed by atoms with van der Waals surface area (Å²) < 4.78 is 9.49. The average molecular weight is 206 g/mol. The lowest BCUT2D eigenvalue weighted by molar-refractivity contribution is -0.136. The van der Waals surface area contributed by atoms with Gasteiger partial charge >= 0.3 is 5.97 Å². The molecule has 0 N–H and O–H groups in total. The van der Waals surface area contributed by atoms with Gasteiger partial charge in [0, 0.05) is 18.2 Å². The second-order valence-electron chi connectivity index (χ2n) is 2.39. The molecule has 0 bridgehead atoms. The molecule has 0 fully saturated rings. The fraction of sp³-hybridized carbons (Fsp3) is 0.300. The van der Waals surface area contributed by atoms with E-state index in [1.54, 1.807) is 13.0 Å². The molecule has 0 amide bonds. The lowest BCUT2D eigenvalue weighted by atomic mass is 10.5. The molecule has 0 atom stereocenters. The number of aromatic nitrogens is 2. The second-order valence-corrected chi connectivity index (χ2v) is 2.39. The van der Waals surface area contributed by atoms with E-state index >= 15 is 0 Å². The van der Waals surface area contributed by atoms with Gasteiger partial charge in [-0.2, -0.15) is 4.98 Å². The highest BCUT2D eigenvalue weighted by Crippen LogP contribution is 2.02. The molecule has 0 aromatic carbocycles. The summed E-state index contributed by atoms with van der Waals surface area (Å²) in [7, 11) is 1.49. The van der Waals surface area contributed by atoms with E-state index in [9.17, 15) is 4.79 Å². The number of esters is 1. The smallest absolute Gasteiger partial charge is 0.384 e. The second kappa shape index (κ2) is 5.60. The van der Waals surface area contributed by atoms with Gasteiger partial charge in [0.05, 0.1) is 13.7 Å². The standard InChI is InChI=1S/C10H10N2O3/c1-3-15-10(13)5-4-8-11-7-6-9(12-8)14-2/h6-7H,3H2,1-2H3. The Labute approximate surface area is 87.4 Å². The van der Waals surface area contributed by atoms with E-state index < -0.39 is 5.97 Å². The number of hydrogen-bond acceptors (Lipinski definition) is 5. The predicted molar refractivity (Wildman–Crippen MR) is 52.1 cm³/mol. The highest BCUT2D eigenvalue weighted by atomic mass is 16.5. The Kier molecular flexibility index (Phi) is 4.10. The third kappa shape index (κ3) is 3.65. The maximum absolute atomic E-state index is 10.9. The summed E-state index contributed by atoms with van der Waals surface area (Å²) in [6.45, 7) is 2.01. The van der Waals surface area contributed by atoms with Gasteiger partial charge in [0.1, 0.15) is 0 Å². The van der Waals surface area contributed by atoms with Crippen LogP contribution in [0.15, 0.2) is 12.3 Å². The number of carbonyl (C=O) groups is 1. The first-order chi connectivity index (χ1) is 7.26. The monoisotopic (exact) mass is 206 g/mol. The largest absolute Gasteiger partial charge is 0.481 e. The highest BCUT2D eigenvalue weighted by Gasteiger charge is 1.96. The Balaban J connectivity index is 2.75. The molecule has 0 aliphatic heterocycles. The third-order valence-electron chi connectivity index (χ3n) is 1.39. The summed E-state index contributed by atoms with van der Waals surface area (Å²) >= 11 is 0. The predicted octanol–water partition coefficient (Wildman–Crippen LogP) is 0.400. The molecule has 0 spiro atoms. The van der Waals surface area contributed by atoms with Gasteiger partial charge in [-0.15, -0.1) is 0 Å². The molecule has 0 saturated heterocycles. The molecule has 15 heavy (non-hydrogen) atoms. The number of carbonyl (C=O) groups excluding carboxylic acids is 1. The minimum Gasteiger partial charge on any atom is -0.481 e. The van der Waals surface area contributed by atoms with E-state index in [1.165, 1.54) is 13.3 Å². The van der Waals surface area contributed by atoms with Crippen molar-refractivity contribution in [3.8, 4) is 17.7 Å². The summed E-state index contributed by atoms with van der Waals surface area (Å²) in [4.78, 5) is 18.6. The molecular weight excluding hydrogens is 196 g/mol. The highest BCUT2D eigenvalue weighted by molar-refractivity contribution is 5.88. The van der Waals surface area contributed by atoms with Crippen LogP contribution in [0.1, 0.15) is 12.7 Å². The van der Waals surface area contributed by atoms with Gasteiger partial charge in [0.15, 0.2) is 0 Å². The van der Waals surface area contributed by atoms with Crippen molar-refractivity contribution in [1.29, 1.82) is 0 Å². The van der Waals surface area contributed by atoms with Crippen molar-refractivity contribution in [2.24, 2.45) is 0 Å². The van der Waals surface area contributed by atoms with Crippen molar-refractivity contribution in [3.63, 3.8) is 0 Å². The zero-order valence-corrected chi connectivity index (χ0v) is 8.48. The van der Waals surface area contributed by atoms with Gasteiger partial charge in [-0.05, 0) is 12.8 Å². The van der Waals surface area contributed by atoms with E-state index in [1.807, 2.05) is 0 Å². The van der Waals surface area contributed by atoms with Crippen molar-refractivity contribution in [3.05, 3.63) is 18.1 Å². The van der Waals surface area contributed by atoms with Crippen LogP contribution >= 0.6 is 0 Å². The molecule has 0 aliphatic rings. The number of rotatable bonds is 2. The van der Waals surface area contributed by atoms with Crippen LogP contribution in [0.3, 0.4) is 0 Å². The molecule has 0 saturated carbocycles. The van der Waals surface area contributed by atoms with Gasteiger partial charge in [0.25, 0.3) is 0 Å². The van der Waals surface area contributed by atoms with Crippen LogP contribution in [0.2, 0.25) is 0 Å². The van der Waals surface area contributed by atoms with E-state index in [4.69, 9.17) is 4.74 Å². The Hall–Kier alpha value is -2.09. The van der Waals surface area contributed by atoms with Gasteiger partial charge in [-0.3, -0.25) is 0 Å². The zero-order valence-electron chi connectivity index (χ0n) is 8.48. The molecule has 78 valence electrons. The molecule has 5 nitrogen and oxygen atoms in total. The molecule has 0 aliphatic carbocycles. The van der Waals surface area contributed by atoms with Crippen LogP contribution in [-0.4, -0.2) is 29.7 Å². The normalized spacial score (nSPS) is 8.67. The minimum atomic E-state index is -0.594. The number of nitrogens with zero attached hydrogens (tertiary/aromatic N) is 2. The Bertz CT molecular complexity index is 407. The summed E-state index contributed by atoms with van der Waals surface area (Å²) in [5.74, 6) is 4.77. The summed E-state index contributed by atoms with van der Waals surface area (Å²) in [5.41, 5.74) is 0. The van der Waals surface area contributed by atoms with Crippen LogP contribution in [0.5, 0.6) is 5.88 Å². The van der Waals surface area contributed by atoms with Gasteiger partial charge < -0.3 is 9.47 Å². The van der Waals surface area contributed by atoms with E-state index in [0.717, 1.165) is 0 Å². The van der Waals surface area contributed by atoms with Crippen LogP contribution in [0.4, 0.5) is 0 Å². The summed E-state index contributed by atoms with van der Waals surface area (Å²) in [5, 5.41) is 0. The van der Waals surface area contributed by atoms with Gasteiger partial charge in [-0.25, -0.2) is 9.78 Å². The number of ether oxygens (including phenoxy) is 2. The van der Waals surface area contributed by atoms with Crippen LogP contribution in [0, 0.1) is 11.8 Å². The fourth-order valence-corrected chi connectivity index (χ4v) is 0.790. The van der Waals surface area contributed by atoms with Crippen molar-refractivity contribution in [2.45, 2.75) is 6.92 Å². The van der Waals surface area contributed by atoms with Gasteiger partial charge in [-0.1, -0.05) is 0 Å². The van der Waals surface area contributed by atoms with Crippen molar-refractivity contribution in [1.82, 2.24) is 9.97 Å². The summed E-state index contributed by atoms with van der Waals surface area (Å²) in [6.07, 6.45) is 1.50. The lowest BCUT2D eigenvalue weighted by Gasteiger charge is -1.96. The number of methoxy groups -OCH3 is 1. The molecule has 0 unspecified atom stereocenters. The first kappa shape index (κ1) is 11.0. The lowest BCUT2D eigenvalue weighted by Crippen LogP contribution is -2.00. The molecule has 1 rings (SSSR count). The van der Waals surface area contributed by atoms with Crippen molar-refractivity contribution in [2.75, 3.05) is 13.7 Å². The Morgan fingerprint density at radius 2 is 2.40 bits per heavy atom. The maximum atomic E-state index is 10.9. The first-order valence-corrected chi connectivity index (χ1v) is 4.32. The maximum Gasteiger partial charge on any atom is 0.384 e. The van der Waals surface area contributed by atoms with Crippen LogP contribution in [0.25, 0.3) is 0 Å². The SMILES string of the molecule is CCOC(=O)C#Cc1nccc(OC)n1. The van der Waals surface area contributed by atoms with E-state index in [0.29, 0.717) is 12.5 Å². The van der Waals surface area contributed by atoms with Crippen molar-refractivity contribution >= 4 is 5.97 Å². The number of hydrogen-bond donors (Lipinski definition) is 0. The average Bonchev–Trinajstić information content (AvgIpc) is 2.27. The molecule has 1 aromatic heterocycles. The van der Waals surface area contributed by atoms with Crippen LogP contribution < -0.4 is 4.74 Å². The Morgan fingerprint density at radius 1 is 1.60 bits per heavy atom. The molecular formula is C10H10N2O3. The Morgan fingerprint density at radius 3 is 3.07 bits per heavy atom. The molecule has 5 heteroatoms. The molecule has 0 radical (unpaired) electrons. The topological polar surface area (TPSA) is 61.3 Å². The zero-order chi connectivity index (χ0) is 11.1. The van der Waals surface area contributed by atoms with Gasteiger partial charge in [0.2, 0.25) is 11.7 Å².